The number of carbonyl (C=O) groups is 2. The predicted octanol–water partition coefficient (Wildman–Crippen LogP) is 1.70. The van der Waals surface area contributed by atoms with Gasteiger partial charge in [-0.25, -0.2) is 9.97 Å². The Balaban J connectivity index is 1.54. The van der Waals surface area contributed by atoms with E-state index in [2.05, 4.69) is 14.9 Å². The number of hydrogen-bond acceptors (Lipinski definition) is 5. The summed E-state index contributed by atoms with van der Waals surface area (Å²) >= 11 is 0. The molecule has 2 fully saturated rings. The summed E-state index contributed by atoms with van der Waals surface area (Å²) in [6.07, 6.45) is 10.3. The number of amides is 2. The van der Waals surface area contributed by atoms with E-state index >= 15 is 0 Å². The third kappa shape index (κ3) is 4.71. The highest BCUT2D eigenvalue weighted by atomic mass is 16.2. The van der Waals surface area contributed by atoms with Gasteiger partial charge < -0.3 is 14.7 Å². The van der Waals surface area contributed by atoms with Crippen molar-refractivity contribution in [2.45, 2.75) is 51.5 Å². The zero-order chi connectivity index (χ0) is 18.4. The summed E-state index contributed by atoms with van der Waals surface area (Å²) in [5, 5.41) is 0. The molecule has 2 heterocycles. The Labute approximate surface area is 155 Å². The van der Waals surface area contributed by atoms with Crippen LogP contribution in [0.15, 0.2) is 18.5 Å². The van der Waals surface area contributed by atoms with Crippen molar-refractivity contribution < 1.29 is 9.59 Å². The Morgan fingerprint density at radius 2 is 1.65 bits per heavy atom. The Morgan fingerprint density at radius 1 is 1.04 bits per heavy atom. The molecular weight excluding hydrogens is 330 g/mol. The van der Waals surface area contributed by atoms with Gasteiger partial charge in [0, 0.05) is 51.5 Å². The number of carbonyl (C=O) groups excluding carboxylic acids is 2. The molecule has 1 saturated heterocycles. The van der Waals surface area contributed by atoms with Gasteiger partial charge in [-0.05, 0) is 18.9 Å². The van der Waals surface area contributed by atoms with Crippen LogP contribution in [0.4, 0.5) is 5.95 Å². The van der Waals surface area contributed by atoms with Gasteiger partial charge in [0.15, 0.2) is 0 Å². The Morgan fingerprint density at radius 3 is 2.23 bits per heavy atom. The van der Waals surface area contributed by atoms with Crippen LogP contribution in [0, 0.1) is 0 Å². The van der Waals surface area contributed by atoms with E-state index in [4.69, 9.17) is 0 Å². The molecule has 1 aliphatic carbocycles. The number of anilines is 1. The fraction of sp³-hybridized carbons (Fsp3) is 0.684. The monoisotopic (exact) mass is 359 g/mol. The number of nitrogens with zero attached hydrogens (tertiary/aromatic N) is 5. The summed E-state index contributed by atoms with van der Waals surface area (Å²) in [5.41, 5.74) is 0. The van der Waals surface area contributed by atoms with Gasteiger partial charge in [-0.15, -0.1) is 0 Å². The van der Waals surface area contributed by atoms with Gasteiger partial charge in [0.05, 0.1) is 6.54 Å². The molecule has 1 aliphatic heterocycles. The second-order valence-electron chi connectivity index (χ2n) is 7.21. The lowest BCUT2D eigenvalue weighted by atomic mass is 10.1. The summed E-state index contributed by atoms with van der Waals surface area (Å²) in [6, 6.07) is 2.02. The predicted molar refractivity (Wildman–Crippen MR) is 99.7 cm³/mol. The first-order valence-electron chi connectivity index (χ1n) is 9.72. The summed E-state index contributed by atoms with van der Waals surface area (Å²) in [4.78, 5) is 39.2. The van der Waals surface area contributed by atoms with Crippen molar-refractivity contribution in [3.63, 3.8) is 0 Å². The first kappa shape index (κ1) is 18.6. The van der Waals surface area contributed by atoms with Gasteiger partial charge in [0.1, 0.15) is 0 Å². The van der Waals surface area contributed by atoms with Crippen LogP contribution in [0.3, 0.4) is 0 Å². The highest BCUT2D eigenvalue weighted by Crippen LogP contribution is 2.22. The lowest BCUT2D eigenvalue weighted by Gasteiger charge is -2.37. The van der Waals surface area contributed by atoms with E-state index in [0.29, 0.717) is 19.0 Å². The average molecular weight is 359 g/mol. The van der Waals surface area contributed by atoms with Gasteiger partial charge >= 0.3 is 0 Å². The molecule has 7 nitrogen and oxygen atoms in total. The minimum Gasteiger partial charge on any atom is -0.338 e. The van der Waals surface area contributed by atoms with E-state index in [0.717, 1.165) is 38.8 Å². The molecule has 0 unspecified atom stereocenters. The minimum absolute atomic E-state index is 0.0153. The van der Waals surface area contributed by atoms with Crippen LogP contribution in [0.5, 0.6) is 0 Å². The van der Waals surface area contributed by atoms with Crippen LogP contribution in [0.2, 0.25) is 0 Å². The molecular formula is C19H29N5O2. The van der Waals surface area contributed by atoms with Crippen LogP contribution < -0.4 is 4.90 Å². The van der Waals surface area contributed by atoms with Crippen LogP contribution in [-0.2, 0) is 9.59 Å². The van der Waals surface area contributed by atoms with Crippen molar-refractivity contribution in [1.29, 1.82) is 0 Å². The van der Waals surface area contributed by atoms with Gasteiger partial charge in [-0.3, -0.25) is 9.59 Å². The largest absolute Gasteiger partial charge is 0.338 e. The normalized spacial score (nSPS) is 19.1. The topological polar surface area (TPSA) is 69.6 Å². The van der Waals surface area contributed by atoms with E-state index in [1.807, 2.05) is 4.90 Å². The molecule has 0 spiro atoms. The second-order valence-corrected chi connectivity index (χ2v) is 7.21. The molecule has 0 N–H and O–H groups in total. The summed E-state index contributed by atoms with van der Waals surface area (Å²) in [6.45, 7) is 4.53. The van der Waals surface area contributed by atoms with Crippen molar-refractivity contribution >= 4 is 17.8 Å². The fourth-order valence-electron chi connectivity index (χ4n) is 3.92. The summed E-state index contributed by atoms with van der Waals surface area (Å²) in [5.74, 6) is 0.781. The number of aromatic nitrogens is 2. The zero-order valence-corrected chi connectivity index (χ0v) is 15.6. The average Bonchev–Trinajstić information content (AvgIpc) is 2.96. The van der Waals surface area contributed by atoms with Crippen LogP contribution >= 0.6 is 0 Å². The van der Waals surface area contributed by atoms with Crippen molar-refractivity contribution in [2.75, 3.05) is 37.6 Å². The molecule has 2 aliphatic rings. The van der Waals surface area contributed by atoms with E-state index in [1.165, 1.54) is 12.8 Å². The molecule has 0 bridgehead atoms. The molecule has 1 aromatic rings. The van der Waals surface area contributed by atoms with Crippen LogP contribution in [0.1, 0.15) is 45.4 Å². The Bertz CT molecular complexity index is 593. The molecule has 0 atom stereocenters. The second kappa shape index (κ2) is 8.96. The SMILES string of the molecule is CC(=O)N(CC(=O)N1CCN(c2ncccn2)CC1)C1CCCCCC1. The lowest BCUT2D eigenvalue weighted by Crippen LogP contribution is -2.53. The van der Waals surface area contributed by atoms with Gasteiger partial charge in [-0.2, -0.15) is 0 Å². The Hall–Kier alpha value is -2.18. The van der Waals surface area contributed by atoms with E-state index in [9.17, 15) is 9.59 Å². The third-order valence-corrected chi connectivity index (χ3v) is 5.44. The number of hydrogen-bond donors (Lipinski definition) is 0. The van der Waals surface area contributed by atoms with E-state index in [1.54, 1.807) is 30.3 Å². The summed E-state index contributed by atoms with van der Waals surface area (Å²) < 4.78 is 0. The highest BCUT2D eigenvalue weighted by molar-refractivity contribution is 5.84. The molecule has 2 amide bonds. The first-order valence-corrected chi connectivity index (χ1v) is 9.72. The molecule has 0 radical (unpaired) electrons. The quantitative estimate of drug-likeness (QED) is 0.765. The molecule has 142 valence electrons. The molecule has 26 heavy (non-hydrogen) atoms. The van der Waals surface area contributed by atoms with E-state index in [-0.39, 0.29) is 24.4 Å². The highest BCUT2D eigenvalue weighted by Gasteiger charge is 2.28. The van der Waals surface area contributed by atoms with Crippen molar-refractivity contribution in [3.8, 4) is 0 Å². The summed E-state index contributed by atoms with van der Waals surface area (Å²) in [7, 11) is 0. The zero-order valence-electron chi connectivity index (χ0n) is 15.6. The minimum atomic E-state index is 0.0153. The fourth-order valence-corrected chi connectivity index (χ4v) is 3.92. The van der Waals surface area contributed by atoms with Crippen molar-refractivity contribution in [3.05, 3.63) is 18.5 Å². The maximum atomic E-state index is 12.8. The molecule has 1 saturated carbocycles. The lowest BCUT2D eigenvalue weighted by molar-refractivity contribution is -0.141. The number of rotatable bonds is 4. The van der Waals surface area contributed by atoms with E-state index < -0.39 is 0 Å². The standard InChI is InChI=1S/C19H29N5O2/c1-16(25)24(17-7-4-2-3-5-8-17)15-18(26)22-11-13-23(14-12-22)19-20-9-6-10-21-19/h6,9-10,17H,2-5,7-8,11-15H2,1H3. The van der Waals surface area contributed by atoms with Gasteiger partial charge in [-0.1, -0.05) is 25.7 Å². The van der Waals surface area contributed by atoms with Crippen molar-refractivity contribution in [2.24, 2.45) is 0 Å². The smallest absolute Gasteiger partial charge is 0.242 e. The molecule has 1 aromatic heterocycles. The molecule has 7 heteroatoms. The first-order chi connectivity index (χ1) is 12.6. The van der Waals surface area contributed by atoms with Gasteiger partial charge in [0.25, 0.3) is 0 Å². The maximum absolute atomic E-state index is 12.8. The Kier molecular flexibility index (Phi) is 6.41. The molecule has 3 rings (SSSR count). The van der Waals surface area contributed by atoms with Crippen molar-refractivity contribution in [1.82, 2.24) is 19.8 Å². The van der Waals surface area contributed by atoms with Crippen LogP contribution in [0.25, 0.3) is 0 Å². The van der Waals surface area contributed by atoms with Gasteiger partial charge in [0.2, 0.25) is 17.8 Å². The number of piperazine rings is 1. The third-order valence-electron chi connectivity index (χ3n) is 5.44. The molecule has 0 aromatic carbocycles. The van der Waals surface area contributed by atoms with Crippen LogP contribution in [-0.4, -0.2) is 70.3 Å². The maximum Gasteiger partial charge on any atom is 0.242 e.